The lowest BCUT2D eigenvalue weighted by Gasteiger charge is -2.12. The van der Waals surface area contributed by atoms with Crippen molar-refractivity contribution in [1.82, 2.24) is 0 Å². The third-order valence-electron chi connectivity index (χ3n) is 7.34. The van der Waals surface area contributed by atoms with Gasteiger partial charge in [0.15, 0.2) is 0 Å². The van der Waals surface area contributed by atoms with Crippen molar-refractivity contribution in [3.05, 3.63) is 48.5 Å². The largest absolute Gasteiger partial charge is 0.494 e. The summed E-state index contributed by atoms with van der Waals surface area (Å²) in [7, 11) is 0. The fraction of sp³-hybridized carbons (Fsp3) is 0.629. The number of halogens is 1. The molecule has 0 aliphatic rings. The number of alkyl halides is 1. The predicted octanol–water partition coefficient (Wildman–Crippen LogP) is 11.2. The van der Waals surface area contributed by atoms with Gasteiger partial charge in [0.05, 0.1) is 6.61 Å². The first-order chi connectivity index (χ1) is 19.0. The van der Waals surface area contributed by atoms with Crippen LogP contribution in [-0.2, 0) is 4.79 Å². The Morgan fingerprint density at radius 1 is 0.615 bits per heavy atom. The first kappa shape index (κ1) is 33.2. The van der Waals surface area contributed by atoms with Crippen LogP contribution in [0.4, 0.5) is 0 Å². The van der Waals surface area contributed by atoms with E-state index in [1.54, 1.807) is 12.1 Å². The number of ether oxygens (including phenoxy) is 2. The SMILES string of the molecule is CCCCCCCCCCCCCCCCCCOc1ccc(-c2ccc(OC(=O)C(Cl)C(C)C)cc2)cc1. The molecular weight excluding hydrogens is 504 g/mol. The van der Waals surface area contributed by atoms with E-state index in [2.05, 4.69) is 19.1 Å². The van der Waals surface area contributed by atoms with Crippen LogP contribution in [0.1, 0.15) is 124 Å². The Hall–Kier alpha value is -2.00. The highest BCUT2D eigenvalue weighted by molar-refractivity contribution is 6.30. The van der Waals surface area contributed by atoms with Gasteiger partial charge in [0.1, 0.15) is 16.9 Å². The summed E-state index contributed by atoms with van der Waals surface area (Å²) in [4.78, 5) is 12.0. The Labute approximate surface area is 244 Å². The highest BCUT2D eigenvalue weighted by atomic mass is 35.5. The van der Waals surface area contributed by atoms with Gasteiger partial charge in [-0.15, -0.1) is 11.6 Å². The fourth-order valence-electron chi connectivity index (χ4n) is 4.74. The smallest absolute Gasteiger partial charge is 0.329 e. The highest BCUT2D eigenvalue weighted by Gasteiger charge is 2.21. The summed E-state index contributed by atoms with van der Waals surface area (Å²) in [6.07, 6.45) is 22.0. The zero-order valence-corrected chi connectivity index (χ0v) is 25.7. The molecule has 0 bridgehead atoms. The molecule has 4 heteroatoms. The van der Waals surface area contributed by atoms with Crippen molar-refractivity contribution in [2.45, 2.75) is 129 Å². The summed E-state index contributed by atoms with van der Waals surface area (Å²) in [6, 6.07) is 15.7. The molecule has 2 aromatic carbocycles. The van der Waals surface area contributed by atoms with Crippen LogP contribution in [0.25, 0.3) is 11.1 Å². The van der Waals surface area contributed by atoms with E-state index in [1.807, 2.05) is 38.1 Å². The van der Waals surface area contributed by atoms with Gasteiger partial charge in [-0.25, -0.2) is 0 Å². The standard InChI is InChI=1S/C35H53ClO3/c1-4-5-6-7-8-9-10-11-12-13-14-15-16-17-18-19-28-38-32-24-20-30(21-25-32)31-22-26-33(27-23-31)39-35(37)34(36)29(2)3/h20-27,29,34H,4-19,28H2,1-3H3. The summed E-state index contributed by atoms with van der Waals surface area (Å²) >= 11 is 6.08. The maximum absolute atomic E-state index is 12.0. The van der Waals surface area contributed by atoms with Crippen LogP contribution in [0, 0.1) is 5.92 Å². The van der Waals surface area contributed by atoms with Gasteiger partial charge in [-0.1, -0.05) is 141 Å². The van der Waals surface area contributed by atoms with Gasteiger partial charge in [-0.2, -0.15) is 0 Å². The molecule has 0 radical (unpaired) electrons. The lowest BCUT2D eigenvalue weighted by molar-refractivity contribution is -0.134. The van der Waals surface area contributed by atoms with E-state index in [4.69, 9.17) is 21.1 Å². The molecule has 0 saturated heterocycles. The third-order valence-corrected chi connectivity index (χ3v) is 8.02. The van der Waals surface area contributed by atoms with E-state index < -0.39 is 11.3 Å². The van der Waals surface area contributed by atoms with Gasteiger partial charge >= 0.3 is 5.97 Å². The van der Waals surface area contributed by atoms with E-state index in [1.165, 1.54) is 96.3 Å². The molecule has 1 atom stereocenters. The molecule has 0 saturated carbocycles. The molecule has 0 N–H and O–H groups in total. The first-order valence-electron chi connectivity index (χ1n) is 15.7. The predicted molar refractivity (Wildman–Crippen MR) is 167 cm³/mol. The molecule has 0 aromatic heterocycles. The van der Waals surface area contributed by atoms with Gasteiger partial charge < -0.3 is 9.47 Å². The molecule has 0 spiro atoms. The molecule has 218 valence electrons. The van der Waals surface area contributed by atoms with Crippen molar-refractivity contribution in [2.24, 2.45) is 5.92 Å². The maximum Gasteiger partial charge on any atom is 0.329 e. The van der Waals surface area contributed by atoms with Crippen LogP contribution >= 0.6 is 11.6 Å². The quantitative estimate of drug-likeness (QED) is 0.0625. The molecular formula is C35H53ClO3. The molecule has 39 heavy (non-hydrogen) atoms. The molecule has 0 aliphatic carbocycles. The van der Waals surface area contributed by atoms with Crippen LogP contribution in [-0.4, -0.2) is 18.0 Å². The second-order valence-corrected chi connectivity index (χ2v) is 11.7. The number of hydrogen-bond donors (Lipinski definition) is 0. The van der Waals surface area contributed by atoms with E-state index in [-0.39, 0.29) is 5.92 Å². The van der Waals surface area contributed by atoms with Crippen molar-refractivity contribution in [3.63, 3.8) is 0 Å². The number of carbonyl (C=O) groups excluding carboxylic acids is 1. The van der Waals surface area contributed by atoms with Crippen LogP contribution in [0.15, 0.2) is 48.5 Å². The average Bonchev–Trinajstić information content (AvgIpc) is 2.95. The normalized spacial score (nSPS) is 12.0. The summed E-state index contributed by atoms with van der Waals surface area (Å²) < 4.78 is 11.3. The summed E-state index contributed by atoms with van der Waals surface area (Å²) in [5, 5.41) is -0.642. The van der Waals surface area contributed by atoms with E-state index >= 15 is 0 Å². The molecule has 3 nitrogen and oxygen atoms in total. The Morgan fingerprint density at radius 3 is 1.41 bits per heavy atom. The Kier molecular flexibility index (Phi) is 17.7. The minimum atomic E-state index is -0.642. The molecule has 0 amide bonds. The number of rotatable bonds is 22. The summed E-state index contributed by atoms with van der Waals surface area (Å²) in [6.45, 7) is 6.86. The number of carbonyl (C=O) groups is 1. The summed E-state index contributed by atoms with van der Waals surface area (Å²) in [5.74, 6) is 1.04. The van der Waals surface area contributed by atoms with E-state index in [0.717, 1.165) is 29.9 Å². The topological polar surface area (TPSA) is 35.5 Å². The monoisotopic (exact) mass is 556 g/mol. The summed E-state index contributed by atoms with van der Waals surface area (Å²) in [5.41, 5.74) is 2.16. The lowest BCUT2D eigenvalue weighted by Crippen LogP contribution is -2.25. The third kappa shape index (κ3) is 14.8. The van der Waals surface area contributed by atoms with Crippen LogP contribution in [0.3, 0.4) is 0 Å². The average molecular weight is 557 g/mol. The van der Waals surface area contributed by atoms with Crippen molar-refractivity contribution >= 4 is 17.6 Å². The van der Waals surface area contributed by atoms with Gasteiger partial charge in [-0.05, 0) is 47.7 Å². The van der Waals surface area contributed by atoms with Gasteiger partial charge in [-0.3, -0.25) is 4.79 Å². The zero-order chi connectivity index (χ0) is 28.1. The maximum atomic E-state index is 12.0. The lowest BCUT2D eigenvalue weighted by atomic mass is 10.0. The van der Waals surface area contributed by atoms with Crippen molar-refractivity contribution in [2.75, 3.05) is 6.61 Å². The number of esters is 1. The second kappa shape index (κ2) is 20.8. The Bertz CT molecular complexity index is 876. The van der Waals surface area contributed by atoms with Gasteiger partial charge in [0.25, 0.3) is 0 Å². The van der Waals surface area contributed by atoms with Gasteiger partial charge in [0.2, 0.25) is 0 Å². The molecule has 0 fully saturated rings. The molecule has 0 aliphatic heterocycles. The van der Waals surface area contributed by atoms with E-state index in [0.29, 0.717) is 5.75 Å². The molecule has 2 aromatic rings. The molecule has 2 rings (SSSR count). The van der Waals surface area contributed by atoms with E-state index in [9.17, 15) is 4.79 Å². The number of hydrogen-bond acceptors (Lipinski definition) is 3. The van der Waals surface area contributed by atoms with Crippen LogP contribution in [0.5, 0.6) is 11.5 Å². The fourth-order valence-corrected chi connectivity index (χ4v) is 4.79. The molecule has 1 unspecified atom stereocenters. The van der Waals surface area contributed by atoms with Crippen molar-refractivity contribution < 1.29 is 14.3 Å². The number of benzene rings is 2. The van der Waals surface area contributed by atoms with Crippen LogP contribution < -0.4 is 9.47 Å². The minimum Gasteiger partial charge on any atom is -0.494 e. The van der Waals surface area contributed by atoms with Crippen LogP contribution in [0.2, 0.25) is 0 Å². The Morgan fingerprint density at radius 2 is 1.00 bits per heavy atom. The highest BCUT2D eigenvalue weighted by Crippen LogP contribution is 2.25. The first-order valence-corrected chi connectivity index (χ1v) is 16.1. The van der Waals surface area contributed by atoms with Gasteiger partial charge in [0, 0.05) is 0 Å². The number of unbranched alkanes of at least 4 members (excludes halogenated alkanes) is 15. The van der Waals surface area contributed by atoms with Crippen molar-refractivity contribution in [1.29, 1.82) is 0 Å². The zero-order valence-electron chi connectivity index (χ0n) is 24.9. The second-order valence-electron chi connectivity index (χ2n) is 11.3. The molecule has 0 heterocycles. The minimum absolute atomic E-state index is 0.0308. The Balaban J connectivity index is 1.49. The van der Waals surface area contributed by atoms with Crippen molar-refractivity contribution in [3.8, 4) is 22.6 Å².